The Labute approximate surface area is 94.4 Å². The van der Waals surface area contributed by atoms with E-state index in [1.165, 1.54) is 0 Å². The SMILES string of the molecule is O=C(CCCCCl)NCCc1cnc[nH]1. The van der Waals surface area contributed by atoms with E-state index in [-0.39, 0.29) is 5.91 Å². The van der Waals surface area contributed by atoms with Crippen LogP contribution in [0.15, 0.2) is 12.5 Å². The average molecular weight is 230 g/mol. The third-order valence-electron chi connectivity index (χ3n) is 2.06. The van der Waals surface area contributed by atoms with E-state index in [2.05, 4.69) is 15.3 Å². The summed E-state index contributed by atoms with van der Waals surface area (Å²) in [7, 11) is 0. The number of nitrogens with one attached hydrogen (secondary N) is 2. The Hall–Kier alpha value is -1.03. The number of hydrogen-bond donors (Lipinski definition) is 2. The number of aromatic amines is 1. The molecule has 0 fully saturated rings. The normalized spacial score (nSPS) is 10.2. The van der Waals surface area contributed by atoms with Crippen molar-refractivity contribution < 1.29 is 4.79 Å². The number of halogens is 1. The molecule has 0 radical (unpaired) electrons. The second-order valence-corrected chi connectivity index (χ2v) is 3.70. The predicted molar refractivity (Wildman–Crippen MR) is 59.9 cm³/mol. The van der Waals surface area contributed by atoms with Gasteiger partial charge in [-0.2, -0.15) is 0 Å². The van der Waals surface area contributed by atoms with Crippen LogP contribution in [0.2, 0.25) is 0 Å². The van der Waals surface area contributed by atoms with Crippen LogP contribution in [0.4, 0.5) is 0 Å². The second kappa shape index (κ2) is 7.29. The molecule has 15 heavy (non-hydrogen) atoms. The number of rotatable bonds is 7. The van der Waals surface area contributed by atoms with Crippen molar-refractivity contribution in [1.82, 2.24) is 15.3 Å². The van der Waals surface area contributed by atoms with Gasteiger partial charge in [0.1, 0.15) is 0 Å². The Morgan fingerprint density at radius 3 is 3.07 bits per heavy atom. The molecule has 0 saturated heterocycles. The van der Waals surface area contributed by atoms with Gasteiger partial charge in [0.2, 0.25) is 5.91 Å². The van der Waals surface area contributed by atoms with E-state index in [1.807, 2.05) is 0 Å². The number of aromatic nitrogens is 2. The van der Waals surface area contributed by atoms with Crippen LogP contribution in [0.3, 0.4) is 0 Å². The summed E-state index contributed by atoms with van der Waals surface area (Å²) in [4.78, 5) is 18.1. The van der Waals surface area contributed by atoms with E-state index in [0.29, 0.717) is 18.8 Å². The first-order valence-electron chi connectivity index (χ1n) is 5.13. The zero-order valence-electron chi connectivity index (χ0n) is 8.63. The number of nitrogens with zero attached hydrogens (tertiary/aromatic N) is 1. The molecule has 0 bridgehead atoms. The molecule has 0 atom stereocenters. The third kappa shape index (κ3) is 5.42. The van der Waals surface area contributed by atoms with Gasteiger partial charge in [-0.3, -0.25) is 4.79 Å². The fourth-order valence-corrected chi connectivity index (χ4v) is 1.42. The lowest BCUT2D eigenvalue weighted by atomic mass is 10.2. The van der Waals surface area contributed by atoms with E-state index >= 15 is 0 Å². The van der Waals surface area contributed by atoms with E-state index in [1.54, 1.807) is 12.5 Å². The molecule has 0 spiro atoms. The van der Waals surface area contributed by atoms with Gasteiger partial charge in [-0.1, -0.05) is 0 Å². The molecule has 0 aromatic carbocycles. The number of carbonyl (C=O) groups is 1. The topological polar surface area (TPSA) is 57.8 Å². The second-order valence-electron chi connectivity index (χ2n) is 3.32. The molecule has 0 aliphatic heterocycles. The average Bonchev–Trinajstić information content (AvgIpc) is 2.71. The minimum atomic E-state index is 0.0969. The van der Waals surface area contributed by atoms with Crippen LogP contribution in [0, 0.1) is 0 Å². The molecule has 0 aliphatic rings. The van der Waals surface area contributed by atoms with Crippen molar-refractivity contribution in [2.75, 3.05) is 12.4 Å². The fraction of sp³-hybridized carbons (Fsp3) is 0.600. The number of H-pyrrole nitrogens is 1. The predicted octanol–water partition coefficient (Wildman–Crippen LogP) is 1.48. The Morgan fingerprint density at radius 2 is 2.40 bits per heavy atom. The molecular weight excluding hydrogens is 214 g/mol. The van der Waals surface area contributed by atoms with E-state index in [9.17, 15) is 4.79 Å². The summed E-state index contributed by atoms with van der Waals surface area (Å²) >= 11 is 5.51. The van der Waals surface area contributed by atoms with E-state index in [0.717, 1.165) is 25.0 Å². The number of alkyl halides is 1. The van der Waals surface area contributed by atoms with Gasteiger partial charge in [0, 0.05) is 37.2 Å². The molecule has 1 amide bonds. The maximum absolute atomic E-state index is 11.3. The molecule has 5 heteroatoms. The molecule has 1 rings (SSSR count). The standard InChI is InChI=1S/C10H16ClN3O/c11-5-2-1-3-10(15)13-6-4-9-7-12-8-14-9/h7-8H,1-6H2,(H,12,14)(H,13,15). The lowest BCUT2D eigenvalue weighted by Crippen LogP contribution is -2.25. The monoisotopic (exact) mass is 229 g/mol. The van der Waals surface area contributed by atoms with Gasteiger partial charge in [0.25, 0.3) is 0 Å². The molecule has 84 valence electrons. The maximum atomic E-state index is 11.3. The minimum Gasteiger partial charge on any atom is -0.356 e. The van der Waals surface area contributed by atoms with Crippen molar-refractivity contribution in [3.63, 3.8) is 0 Å². The first kappa shape index (κ1) is 12.0. The summed E-state index contributed by atoms with van der Waals surface area (Å²) in [6, 6.07) is 0. The Balaban J connectivity index is 2.02. The zero-order valence-corrected chi connectivity index (χ0v) is 9.39. The van der Waals surface area contributed by atoms with E-state index in [4.69, 9.17) is 11.6 Å². The minimum absolute atomic E-state index is 0.0969. The number of amides is 1. The van der Waals surface area contributed by atoms with Gasteiger partial charge in [0.05, 0.1) is 6.33 Å². The van der Waals surface area contributed by atoms with Crippen LogP contribution >= 0.6 is 11.6 Å². The van der Waals surface area contributed by atoms with Crippen LogP contribution < -0.4 is 5.32 Å². The van der Waals surface area contributed by atoms with Crippen LogP contribution in [-0.4, -0.2) is 28.3 Å². The van der Waals surface area contributed by atoms with Crippen LogP contribution in [0.1, 0.15) is 25.0 Å². The number of hydrogen-bond acceptors (Lipinski definition) is 2. The fourth-order valence-electron chi connectivity index (χ4n) is 1.23. The lowest BCUT2D eigenvalue weighted by molar-refractivity contribution is -0.121. The summed E-state index contributed by atoms with van der Waals surface area (Å²) in [5.41, 5.74) is 1.04. The van der Waals surface area contributed by atoms with Crippen molar-refractivity contribution in [3.8, 4) is 0 Å². The van der Waals surface area contributed by atoms with Crippen LogP contribution in [0.25, 0.3) is 0 Å². The quantitative estimate of drug-likeness (QED) is 0.550. The molecule has 0 unspecified atom stereocenters. The summed E-state index contributed by atoms with van der Waals surface area (Å²) in [5.74, 6) is 0.723. The molecule has 0 saturated carbocycles. The van der Waals surface area contributed by atoms with E-state index < -0.39 is 0 Å². The van der Waals surface area contributed by atoms with Gasteiger partial charge < -0.3 is 10.3 Å². The Kier molecular flexibility index (Phi) is 5.85. The summed E-state index contributed by atoms with van der Waals surface area (Å²) in [6.07, 6.45) is 6.52. The Morgan fingerprint density at radius 1 is 1.53 bits per heavy atom. The summed E-state index contributed by atoms with van der Waals surface area (Å²) in [6.45, 7) is 0.655. The van der Waals surface area contributed by atoms with Gasteiger partial charge in [0.15, 0.2) is 0 Å². The lowest BCUT2D eigenvalue weighted by Gasteiger charge is -2.03. The number of imidazole rings is 1. The zero-order chi connectivity index (χ0) is 10.9. The summed E-state index contributed by atoms with van der Waals surface area (Å²) in [5, 5.41) is 2.85. The van der Waals surface area contributed by atoms with Crippen LogP contribution in [0.5, 0.6) is 0 Å². The summed E-state index contributed by atoms with van der Waals surface area (Å²) < 4.78 is 0. The van der Waals surface area contributed by atoms with Crippen molar-refractivity contribution in [2.24, 2.45) is 0 Å². The van der Waals surface area contributed by atoms with Gasteiger partial charge >= 0.3 is 0 Å². The number of unbranched alkanes of at least 4 members (excludes halogenated alkanes) is 1. The van der Waals surface area contributed by atoms with Crippen molar-refractivity contribution in [1.29, 1.82) is 0 Å². The first-order valence-corrected chi connectivity index (χ1v) is 5.66. The van der Waals surface area contributed by atoms with Crippen molar-refractivity contribution in [2.45, 2.75) is 25.7 Å². The third-order valence-corrected chi connectivity index (χ3v) is 2.33. The molecule has 4 nitrogen and oxygen atoms in total. The molecule has 1 heterocycles. The highest BCUT2D eigenvalue weighted by Gasteiger charge is 2.00. The highest BCUT2D eigenvalue weighted by atomic mass is 35.5. The first-order chi connectivity index (χ1) is 7.33. The largest absolute Gasteiger partial charge is 0.356 e. The highest BCUT2D eigenvalue weighted by molar-refractivity contribution is 6.17. The van der Waals surface area contributed by atoms with Crippen molar-refractivity contribution >= 4 is 17.5 Å². The highest BCUT2D eigenvalue weighted by Crippen LogP contribution is 1.97. The molecule has 2 N–H and O–H groups in total. The van der Waals surface area contributed by atoms with Gasteiger partial charge in [-0.25, -0.2) is 4.98 Å². The Bertz CT molecular complexity index is 274. The maximum Gasteiger partial charge on any atom is 0.220 e. The molecular formula is C10H16ClN3O. The van der Waals surface area contributed by atoms with Gasteiger partial charge in [-0.15, -0.1) is 11.6 Å². The molecule has 1 aromatic rings. The number of carbonyl (C=O) groups excluding carboxylic acids is 1. The molecule has 1 aromatic heterocycles. The van der Waals surface area contributed by atoms with Crippen molar-refractivity contribution in [3.05, 3.63) is 18.2 Å². The van der Waals surface area contributed by atoms with Gasteiger partial charge in [-0.05, 0) is 12.8 Å². The van der Waals surface area contributed by atoms with Crippen LogP contribution in [-0.2, 0) is 11.2 Å². The molecule has 0 aliphatic carbocycles. The smallest absolute Gasteiger partial charge is 0.220 e.